The first kappa shape index (κ1) is 42.8. The van der Waals surface area contributed by atoms with Crippen molar-refractivity contribution >= 4 is 29.7 Å². The summed E-state index contributed by atoms with van der Waals surface area (Å²) < 4.78 is 16.1. The number of anilines is 3. The molecule has 3 aromatic carbocycles. The van der Waals surface area contributed by atoms with E-state index in [-0.39, 0.29) is 5.91 Å². The molecule has 0 atom stereocenters. The van der Waals surface area contributed by atoms with Crippen molar-refractivity contribution in [3.63, 3.8) is 0 Å². The Morgan fingerprint density at radius 2 is 1.34 bits per heavy atom. The van der Waals surface area contributed by atoms with E-state index in [2.05, 4.69) is 27.1 Å². The van der Waals surface area contributed by atoms with E-state index in [9.17, 15) is 14.7 Å². The Morgan fingerprint density at radius 3 is 1.89 bits per heavy atom. The molecule has 0 unspecified atom stereocenters. The van der Waals surface area contributed by atoms with E-state index < -0.39 is 6.09 Å². The summed E-state index contributed by atoms with van der Waals surface area (Å²) in [6.45, 7) is 8.29. The maximum absolute atomic E-state index is 12.3. The second-order valence-corrected chi connectivity index (χ2v) is 15.1. The second-order valence-electron chi connectivity index (χ2n) is 15.1. The molecule has 8 rings (SSSR count). The van der Waals surface area contributed by atoms with Crippen molar-refractivity contribution in [3.8, 4) is 22.8 Å². The van der Waals surface area contributed by atoms with Gasteiger partial charge in [-0.25, -0.2) is 19.7 Å². The number of carbonyl (C=O) groups is 2. The Kier molecular flexibility index (Phi) is 14.2. The molecule has 2 amide bonds. The summed E-state index contributed by atoms with van der Waals surface area (Å²) in [5, 5.41) is 12.9. The number of benzene rings is 3. The number of morpholine rings is 1. The van der Waals surface area contributed by atoms with Gasteiger partial charge in [0.1, 0.15) is 17.3 Å². The van der Waals surface area contributed by atoms with Gasteiger partial charge in [-0.15, -0.1) is 0 Å². The van der Waals surface area contributed by atoms with Crippen LogP contribution in [0.25, 0.3) is 11.3 Å². The third-order valence-corrected chi connectivity index (χ3v) is 11.0. The van der Waals surface area contributed by atoms with Gasteiger partial charge in [-0.3, -0.25) is 9.69 Å². The number of nitrogens with one attached hydrogen (secondary N) is 1. The summed E-state index contributed by atoms with van der Waals surface area (Å²) in [7, 11) is 7.31. The van der Waals surface area contributed by atoms with Crippen LogP contribution in [-0.2, 0) is 30.8 Å². The number of ether oxygens (including phenoxy) is 3. The summed E-state index contributed by atoms with van der Waals surface area (Å²) >= 11 is 0. The molecule has 0 aliphatic carbocycles. The predicted octanol–water partition coefficient (Wildman–Crippen LogP) is 4.83. The zero-order chi connectivity index (χ0) is 42.7. The Hall–Kier alpha value is -6.36. The van der Waals surface area contributed by atoms with Crippen LogP contribution in [0.1, 0.15) is 32.6 Å². The van der Waals surface area contributed by atoms with Gasteiger partial charge in [0.15, 0.2) is 0 Å². The number of likely N-dealkylation sites (N-methyl/N-ethyl adjacent to an activating group) is 1. The van der Waals surface area contributed by atoms with Gasteiger partial charge < -0.3 is 44.2 Å². The predicted molar refractivity (Wildman–Crippen MR) is 234 cm³/mol. The van der Waals surface area contributed by atoms with E-state index in [0.29, 0.717) is 81.3 Å². The van der Waals surface area contributed by atoms with E-state index in [1.54, 1.807) is 26.6 Å². The van der Waals surface area contributed by atoms with E-state index >= 15 is 0 Å². The third kappa shape index (κ3) is 10.7. The molecule has 0 spiro atoms. The highest BCUT2D eigenvalue weighted by Gasteiger charge is 2.32. The molecular weight excluding hydrogens is 777 g/mol. The molecule has 2 saturated heterocycles. The SMILES string of the molecule is CNCc1ccc(C(=O)N2CCN(C)CC2)cc1.COc1ccc(CN(Cc2ccc(OC)cc2)c2ncc(-c3nc(N4CCOCC4)nc4c3CCN4C(=O)O)cn2)cc1. The van der Waals surface area contributed by atoms with E-state index in [0.717, 1.165) is 66.5 Å². The summed E-state index contributed by atoms with van der Waals surface area (Å²) in [6, 6.07) is 23.7. The molecule has 2 fully saturated rings. The first-order chi connectivity index (χ1) is 29.7. The van der Waals surface area contributed by atoms with Crippen molar-refractivity contribution in [1.29, 1.82) is 0 Å². The number of piperazine rings is 1. The molecule has 2 aromatic heterocycles. The van der Waals surface area contributed by atoms with Crippen molar-refractivity contribution < 1.29 is 28.9 Å². The highest BCUT2D eigenvalue weighted by Crippen LogP contribution is 2.36. The normalized spacial score (nSPS) is 15.1. The van der Waals surface area contributed by atoms with Gasteiger partial charge in [0.05, 0.1) is 33.1 Å². The average molecular weight is 831 g/mol. The van der Waals surface area contributed by atoms with Gasteiger partial charge in [0.2, 0.25) is 11.9 Å². The van der Waals surface area contributed by atoms with E-state index in [1.165, 1.54) is 10.5 Å². The highest BCUT2D eigenvalue weighted by atomic mass is 16.5. The maximum Gasteiger partial charge on any atom is 0.413 e. The van der Waals surface area contributed by atoms with Crippen molar-refractivity contribution in [1.82, 2.24) is 35.1 Å². The number of carboxylic acid groups (broad SMARTS) is 1. The molecule has 16 nitrogen and oxygen atoms in total. The topological polar surface area (TPSA) is 162 Å². The molecule has 3 aliphatic rings. The lowest BCUT2D eigenvalue weighted by molar-refractivity contribution is 0.0664. The van der Waals surface area contributed by atoms with Crippen LogP contribution in [0.5, 0.6) is 11.5 Å². The standard InChI is InChI=1S/C31H33N7O5.C14H21N3O/c1-41-24-7-3-21(4-8-24)19-37(20-22-5-9-25(42-2)10-6-22)29-32-17-23(18-33-29)27-26-11-12-38(31(39)40)28(26)35-30(34-27)36-13-15-43-16-14-36;1-15-11-12-3-5-13(6-4-12)14(18)17-9-7-16(2)8-10-17/h3-10,17-18H,11-16,19-20H2,1-2H3,(H,39,40);3-6,15H,7-11H2,1-2H3. The van der Waals surface area contributed by atoms with Crippen molar-refractivity contribution in [3.05, 3.63) is 113 Å². The highest BCUT2D eigenvalue weighted by molar-refractivity contribution is 5.94. The third-order valence-electron chi connectivity index (χ3n) is 11.0. The molecule has 0 bridgehead atoms. The fourth-order valence-corrected chi connectivity index (χ4v) is 7.44. The fourth-order valence-electron chi connectivity index (χ4n) is 7.44. The average Bonchev–Trinajstić information content (AvgIpc) is 3.75. The van der Waals surface area contributed by atoms with Gasteiger partial charge in [-0.05, 0) is 73.6 Å². The lowest BCUT2D eigenvalue weighted by Crippen LogP contribution is -2.47. The Morgan fingerprint density at radius 1 is 0.770 bits per heavy atom. The van der Waals surface area contributed by atoms with Crippen LogP contribution < -0.4 is 29.5 Å². The molecule has 3 aliphatic heterocycles. The van der Waals surface area contributed by atoms with Crippen molar-refractivity contribution in [2.45, 2.75) is 26.1 Å². The fraction of sp³-hybridized carbons (Fsp3) is 0.378. The number of amides is 2. The molecule has 5 aromatic rings. The molecule has 61 heavy (non-hydrogen) atoms. The number of methoxy groups -OCH3 is 2. The summed E-state index contributed by atoms with van der Waals surface area (Å²) in [4.78, 5) is 53.0. The maximum atomic E-state index is 12.3. The minimum absolute atomic E-state index is 0.152. The number of carbonyl (C=O) groups excluding carboxylic acids is 1. The van der Waals surface area contributed by atoms with Gasteiger partial charge in [0.25, 0.3) is 5.91 Å². The zero-order valence-corrected chi connectivity index (χ0v) is 35.3. The minimum Gasteiger partial charge on any atom is -0.497 e. The van der Waals surface area contributed by atoms with Gasteiger partial charge in [-0.2, -0.15) is 4.98 Å². The molecular formula is C45H54N10O6. The van der Waals surface area contributed by atoms with E-state index in [4.69, 9.17) is 29.2 Å². The number of hydrogen-bond acceptors (Lipinski definition) is 13. The van der Waals surface area contributed by atoms with E-state index in [1.807, 2.05) is 89.6 Å². The number of nitrogens with zero attached hydrogens (tertiary/aromatic N) is 9. The zero-order valence-electron chi connectivity index (χ0n) is 35.3. The lowest BCUT2D eigenvalue weighted by Gasteiger charge is -2.32. The number of fused-ring (bicyclic) bond motifs is 1. The molecule has 5 heterocycles. The second kappa shape index (κ2) is 20.3. The van der Waals surface area contributed by atoms with Crippen LogP contribution in [0.15, 0.2) is 85.2 Å². The van der Waals surface area contributed by atoms with Gasteiger partial charge in [0, 0.05) is 94.5 Å². The molecule has 0 radical (unpaired) electrons. The number of aromatic nitrogens is 4. The summed E-state index contributed by atoms with van der Waals surface area (Å²) in [5.41, 5.74) is 6.30. The van der Waals surface area contributed by atoms with Crippen molar-refractivity contribution in [2.24, 2.45) is 0 Å². The van der Waals surface area contributed by atoms with Gasteiger partial charge >= 0.3 is 6.09 Å². The van der Waals surface area contributed by atoms with Crippen LogP contribution in [0, 0.1) is 0 Å². The summed E-state index contributed by atoms with van der Waals surface area (Å²) in [6.07, 6.45) is 3.00. The first-order valence-electron chi connectivity index (χ1n) is 20.5. The number of rotatable bonds is 12. The van der Waals surface area contributed by atoms with Gasteiger partial charge in [-0.1, -0.05) is 36.4 Å². The molecule has 320 valence electrons. The van der Waals surface area contributed by atoms with Crippen LogP contribution >= 0.6 is 0 Å². The molecule has 16 heteroatoms. The Labute approximate surface area is 356 Å². The van der Waals surface area contributed by atoms with Crippen molar-refractivity contribution in [2.75, 3.05) is 102 Å². The minimum atomic E-state index is -1.03. The van der Waals surface area contributed by atoms with Crippen LogP contribution in [-0.4, -0.2) is 134 Å². The van der Waals surface area contributed by atoms with Crippen LogP contribution in [0.2, 0.25) is 0 Å². The monoisotopic (exact) mass is 830 g/mol. The Bertz CT molecular complexity index is 2160. The smallest absolute Gasteiger partial charge is 0.413 e. The quantitative estimate of drug-likeness (QED) is 0.176. The molecule has 2 N–H and O–H groups in total. The van der Waals surface area contributed by atoms with Crippen LogP contribution in [0.4, 0.5) is 22.5 Å². The number of hydrogen-bond donors (Lipinski definition) is 2. The summed E-state index contributed by atoms with van der Waals surface area (Å²) in [5.74, 6) is 3.20. The first-order valence-corrected chi connectivity index (χ1v) is 20.5. The Balaban J connectivity index is 0.000000260. The largest absolute Gasteiger partial charge is 0.497 e. The van der Waals surface area contributed by atoms with Crippen LogP contribution in [0.3, 0.4) is 0 Å². The molecule has 0 saturated carbocycles. The lowest BCUT2D eigenvalue weighted by atomic mass is 10.1.